The molecule has 6 heteroatoms. The summed E-state index contributed by atoms with van der Waals surface area (Å²) >= 11 is 1.77. The number of amides is 1. The van der Waals surface area contributed by atoms with Crippen molar-refractivity contribution in [2.75, 3.05) is 20.1 Å². The van der Waals surface area contributed by atoms with Gasteiger partial charge >= 0.3 is 0 Å². The quantitative estimate of drug-likeness (QED) is 0.534. The third-order valence-corrected chi connectivity index (χ3v) is 4.36. The molecule has 1 aromatic carbocycles. The molecule has 0 spiro atoms. The van der Waals surface area contributed by atoms with Crippen LogP contribution in [0.2, 0.25) is 0 Å². The van der Waals surface area contributed by atoms with Gasteiger partial charge in [-0.3, -0.25) is 4.79 Å². The second kappa shape index (κ2) is 9.72. The molecule has 0 aliphatic carbocycles. The maximum absolute atomic E-state index is 11.7. The molecule has 3 N–H and O–H groups in total. The van der Waals surface area contributed by atoms with E-state index in [0.29, 0.717) is 12.1 Å². The lowest BCUT2D eigenvalue weighted by Gasteiger charge is -2.11. The summed E-state index contributed by atoms with van der Waals surface area (Å²) in [6, 6.07) is 11.7. The lowest BCUT2D eigenvalue weighted by atomic mass is 10.1. The van der Waals surface area contributed by atoms with Crippen molar-refractivity contribution in [2.24, 2.45) is 4.99 Å². The summed E-state index contributed by atoms with van der Waals surface area (Å²) in [5.74, 6) is 0.709. The van der Waals surface area contributed by atoms with Crippen molar-refractivity contribution in [3.05, 3.63) is 57.8 Å². The maximum atomic E-state index is 11.7. The topological polar surface area (TPSA) is 65.5 Å². The van der Waals surface area contributed by atoms with Crippen molar-refractivity contribution >= 4 is 23.2 Å². The third-order valence-electron chi connectivity index (χ3n) is 3.42. The van der Waals surface area contributed by atoms with E-state index in [2.05, 4.69) is 38.5 Å². The largest absolute Gasteiger partial charge is 0.357 e. The molecule has 0 saturated heterocycles. The van der Waals surface area contributed by atoms with Crippen LogP contribution < -0.4 is 16.0 Å². The van der Waals surface area contributed by atoms with Crippen LogP contribution in [0.25, 0.3) is 0 Å². The molecule has 5 nitrogen and oxygen atoms in total. The second-order valence-electron chi connectivity index (χ2n) is 5.23. The fraction of sp³-hybridized carbons (Fsp3) is 0.333. The zero-order valence-electron chi connectivity index (χ0n) is 14.1. The molecule has 0 aliphatic heterocycles. The number of hydrogen-bond acceptors (Lipinski definition) is 3. The van der Waals surface area contributed by atoms with Crippen molar-refractivity contribution in [1.82, 2.24) is 16.0 Å². The number of hydrogen-bond donors (Lipinski definition) is 3. The Morgan fingerprint density at radius 2 is 2.08 bits per heavy atom. The number of thiophene rings is 1. The monoisotopic (exact) mass is 344 g/mol. The van der Waals surface area contributed by atoms with E-state index < -0.39 is 0 Å². The molecule has 0 unspecified atom stereocenters. The fourth-order valence-electron chi connectivity index (χ4n) is 2.23. The van der Waals surface area contributed by atoms with Crippen LogP contribution in [0.1, 0.15) is 27.7 Å². The Morgan fingerprint density at radius 3 is 2.79 bits per heavy atom. The van der Waals surface area contributed by atoms with Gasteiger partial charge in [0.2, 0.25) is 0 Å². The number of benzene rings is 1. The van der Waals surface area contributed by atoms with Crippen LogP contribution in [0.15, 0.2) is 46.8 Å². The summed E-state index contributed by atoms with van der Waals surface area (Å²) in [6.07, 6.45) is 0.980. The van der Waals surface area contributed by atoms with E-state index in [1.54, 1.807) is 24.5 Å². The van der Waals surface area contributed by atoms with E-state index in [1.807, 2.05) is 25.1 Å². The van der Waals surface area contributed by atoms with Gasteiger partial charge in [-0.1, -0.05) is 18.2 Å². The normalized spacial score (nSPS) is 11.2. The average Bonchev–Trinajstić information content (AvgIpc) is 3.12. The highest BCUT2D eigenvalue weighted by molar-refractivity contribution is 7.09. The second-order valence-corrected chi connectivity index (χ2v) is 6.26. The summed E-state index contributed by atoms with van der Waals surface area (Å²) in [4.78, 5) is 17.6. The smallest absolute Gasteiger partial charge is 0.251 e. The maximum Gasteiger partial charge on any atom is 0.251 e. The van der Waals surface area contributed by atoms with Gasteiger partial charge in [0.15, 0.2) is 5.96 Å². The first-order valence-corrected chi connectivity index (χ1v) is 8.96. The summed E-state index contributed by atoms with van der Waals surface area (Å²) in [7, 11) is 1.63. The minimum atomic E-state index is -0.0817. The summed E-state index contributed by atoms with van der Waals surface area (Å²) in [6.45, 7) is 4.22. The SMILES string of the molecule is CCNC(=NCc1cccc(C(=O)NC)c1)NCCc1cccs1. The van der Waals surface area contributed by atoms with Crippen molar-refractivity contribution in [1.29, 1.82) is 0 Å². The highest BCUT2D eigenvalue weighted by Crippen LogP contribution is 2.08. The van der Waals surface area contributed by atoms with Crippen LogP contribution in [-0.4, -0.2) is 32.0 Å². The van der Waals surface area contributed by atoms with Crippen LogP contribution in [-0.2, 0) is 13.0 Å². The molecule has 24 heavy (non-hydrogen) atoms. The van der Waals surface area contributed by atoms with Crippen LogP contribution in [0.3, 0.4) is 0 Å². The van der Waals surface area contributed by atoms with Gasteiger partial charge in [-0.05, 0) is 42.5 Å². The van der Waals surface area contributed by atoms with E-state index in [0.717, 1.165) is 31.0 Å². The van der Waals surface area contributed by atoms with E-state index >= 15 is 0 Å². The molecular formula is C18H24N4OS. The molecular weight excluding hydrogens is 320 g/mol. The Labute approximate surface area is 147 Å². The van der Waals surface area contributed by atoms with Crippen LogP contribution >= 0.6 is 11.3 Å². The molecule has 0 fully saturated rings. The first-order valence-electron chi connectivity index (χ1n) is 8.08. The molecule has 2 rings (SSSR count). The lowest BCUT2D eigenvalue weighted by molar-refractivity contribution is 0.0963. The van der Waals surface area contributed by atoms with Gasteiger partial charge in [-0.2, -0.15) is 0 Å². The Balaban J connectivity index is 1.93. The van der Waals surface area contributed by atoms with Crippen molar-refractivity contribution in [3.63, 3.8) is 0 Å². The van der Waals surface area contributed by atoms with Crippen LogP contribution in [0.5, 0.6) is 0 Å². The van der Waals surface area contributed by atoms with Crippen molar-refractivity contribution in [2.45, 2.75) is 19.9 Å². The van der Waals surface area contributed by atoms with Gasteiger partial charge < -0.3 is 16.0 Å². The summed E-state index contributed by atoms with van der Waals surface area (Å²) in [5, 5.41) is 11.3. The Bertz CT molecular complexity index is 667. The number of rotatable bonds is 7. The van der Waals surface area contributed by atoms with Gasteiger partial charge in [0.25, 0.3) is 5.91 Å². The Morgan fingerprint density at radius 1 is 1.21 bits per heavy atom. The number of aliphatic imine (C=N–C) groups is 1. The molecule has 128 valence electrons. The number of nitrogens with zero attached hydrogens (tertiary/aromatic N) is 1. The lowest BCUT2D eigenvalue weighted by Crippen LogP contribution is -2.38. The average molecular weight is 344 g/mol. The molecule has 0 atom stereocenters. The Hall–Kier alpha value is -2.34. The van der Waals surface area contributed by atoms with E-state index in [4.69, 9.17) is 0 Å². The number of carbonyl (C=O) groups excluding carboxylic acids is 1. The van der Waals surface area contributed by atoms with Crippen LogP contribution in [0, 0.1) is 0 Å². The molecule has 1 heterocycles. The fourth-order valence-corrected chi connectivity index (χ4v) is 2.94. The summed E-state index contributed by atoms with van der Waals surface area (Å²) < 4.78 is 0. The predicted octanol–water partition coefficient (Wildman–Crippen LogP) is 2.41. The molecule has 1 aromatic heterocycles. The van der Waals surface area contributed by atoms with Crippen LogP contribution in [0.4, 0.5) is 0 Å². The highest BCUT2D eigenvalue weighted by Gasteiger charge is 2.04. The minimum Gasteiger partial charge on any atom is -0.357 e. The molecule has 1 amide bonds. The third kappa shape index (κ3) is 5.70. The van der Waals surface area contributed by atoms with E-state index in [-0.39, 0.29) is 5.91 Å². The first-order chi connectivity index (χ1) is 11.7. The van der Waals surface area contributed by atoms with Crippen molar-refractivity contribution in [3.8, 4) is 0 Å². The molecule has 0 aliphatic rings. The number of nitrogens with one attached hydrogen (secondary N) is 3. The zero-order valence-corrected chi connectivity index (χ0v) is 15.0. The van der Waals surface area contributed by atoms with Gasteiger partial charge in [-0.15, -0.1) is 11.3 Å². The van der Waals surface area contributed by atoms with Gasteiger partial charge in [0, 0.05) is 30.6 Å². The number of guanidine groups is 1. The number of carbonyl (C=O) groups is 1. The first kappa shape index (κ1) is 18.0. The molecule has 2 aromatic rings. The molecule has 0 bridgehead atoms. The zero-order chi connectivity index (χ0) is 17.2. The van der Waals surface area contributed by atoms with Gasteiger partial charge in [0.05, 0.1) is 6.54 Å². The van der Waals surface area contributed by atoms with Gasteiger partial charge in [0.1, 0.15) is 0 Å². The van der Waals surface area contributed by atoms with E-state index in [1.165, 1.54) is 4.88 Å². The molecule has 0 saturated carbocycles. The Kier molecular flexibility index (Phi) is 7.29. The minimum absolute atomic E-state index is 0.0817. The van der Waals surface area contributed by atoms with Crippen molar-refractivity contribution < 1.29 is 4.79 Å². The van der Waals surface area contributed by atoms with E-state index in [9.17, 15) is 4.79 Å². The van der Waals surface area contributed by atoms with Gasteiger partial charge in [-0.25, -0.2) is 4.99 Å². The molecule has 0 radical (unpaired) electrons. The highest BCUT2D eigenvalue weighted by atomic mass is 32.1. The summed E-state index contributed by atoms with van der Waals surface area (Å²) in [5.41, 5.74) is 1.66. The predicted molar refractivity (Wildman–Crippen MR) is 101 cm³/mol. The standard InChI is InChI=1S/C18H24N4OS/c1-3-20-18(21-10-9-16-8-5-11-24-16)22-13-14-6-4-7-15(12-14)17(23)19-2/h4-8,11-12H,3,9-10,13H2,1-2H3,(H,19,23)(H2,20,21,22).